The second-order valence-corrected chi connectivity index (χ2v) is 2.38. The molecule has 0 radical (unpaired) electrons. The number of carbonyl (C=O) groups is 1. The van der Waals surface area contributed by atoms with Crippen molar-refractivity contribution in [3.05, 3.63) is 17.5 Å². The summed E-state index contributed by atoms with van der Waals surface area (Å²) in [5.41, 5.74) is 6.43. The van der Waals surface area contributed by atoms with Crippen LogP contribution in [0.25, 0.3) is 0 Å². The molecule has 1 aromatic heterocycles. The van der Waals surface area contributed by atoms with E-state index in [2.05, 4.69) is 10.2 Å². The molecule has 0 aliphatic rings. The van der Waals surface area contributed by atoms with Gasteiger partial charge in [0.25, 0.3) is 5.91 Å². The highest BCUT2D eigenvalue weighted by molar-refractivity contribution is 5.93. The van der Waals surface area contributed by atoms with E-state index in [9.17, 15) is 4.79 Å². The van der Waals surface area contributed by atoms with E-state index < -0.39 is 5.91 Å². The first kappa shape index (κ1) is 7.78. The van der Waals surface area contributed by atoms with Gasteiger partial charge >= 0.3 is 0 Å². The zero-order valence-electron chi connectivity index (χ0n) is 6.42. The van der Waals surface area contributed by atoms with Gasteiger partial charge in [0.2, 0.25) is 0 Å². The fraction of sp³-hybridized carbons (Fsp3) is 0.429. The number of hydrogen-bond donors (Lipinski definition) is 2. The number of rotatable bonds is 3. The molecule has 0 unspecified atom stereocenters. The van der Waals surface area contributed by atoms with Gasteiger partial charge in [-0.15, -0.1) is 0 Å². The molecule has 60 valence electrons. The van der Waals surface area contributed by atoms with Gasteiger partial charge in [0.05, 0.1) is 11.8 Å². The number of H-pyrrole nitrogens is 1. The number of carbonyl (C=O) groups excluding carboxylic acids is 1. The summed E-state index contributed by atoms with van der Waals surface area (Å²) in [5, 5.41) is 6.47. The number of nitrogens with zero attached hydrogens (tertiary/aromatic N) is 1. The van der Waals surface area contributed by atoms with Crippen molar-refractivity contribution < 1.29 is 4.79 Å². The van der Waals surface area contributed by atoms with Crippen LogP contribution in [0.15, 0.2) is 6.20 Å². The van der Waals surface area contributed by atoms with E-state index in [0.29, 0.717) is 5.56 Å². The molecule has 4 nitrogen and oxygen atoms in total. The molecule has 0 aliphatic heterocycles. The zero-order chi connectivity index (χ0) is 8.27. The van der Waals surface area contributed by atoms with E-state index in [-0.39, 0.29) is 0 Å². The van der Waals surface area contributed by atoms with Crippen molar-refractivity contribution in [1.82, 2.24) is 10.2 Å². The fourth-order valence-electron chi connectivity index (χ4n) is 0.966. The summed E-state index contributed by atoms with van der Waals surface area (Å²) in [6, 6.07) is 0. The highest BCUT2D eigenvalue weighted by Crippen LogP contribution is 2.05. The minimum absolute atomic E-state index is 0.415. The first-order valence-electron chi connectivity index (χ1n) is 3.57. The van der Waals surface area contributed by atoms with Crippen molar-refractivity contribution in [2.75, 3.05) is 0 Å². The van der Waals surface area contributed by atoms with Gasteiger partial charge in [-0.25, -0.2) is 0 Å². The smallest absolute Gasteiger partial charge is 0.252 e. The molecule has 0 bridgehead atoms. The number of nitrogens with two attached hydrogens (primary N) is 1. The van der Waals surface area contributed by atoms with Crippen molar-refractivity contribution in [3.63, 3.8) is 0 Å². The van der Waals surface area contributed by atoms with Gasteiger partial charge in [-0.2, -0.15) is 5.10 Å². The van der Waals surface area contributed by atoms with Gasteiger partial charge in [0, 0.05) is 5.69 Å². The van der Waals surface area contributed by atoms with Gasteiger partial charge < -0.3 is 5.73 Å². The Morgan fingerprint density at radius 1 is 1.82 bits per heavy atom. The molecule has 4 heteroatoms. The van der Waals surface area contributed by atoms with Crippen LogP contribution >= 0.6 is 0 Å². The molecular weight excluding hydrogens is 142 g/mol. The fourth-order valence-corrected chi connectivity index (χ4v) is 0.966. The summed E-state index contributed by atoms with van der Waals surface area (Å²) < 4.78 is 0. The van der Waals surface area contributed by atoms with Crippen LogP contribution in [0.2, 0.25) is 0 Å². The normalized spacial score (nSPS) is 9.91. The Morgan fingerprint density at radius 3 is 3.09 bits per heavy atom. The van der Waals surface area contributed by atoms with Crippen LogP contribution in [0.1, 0.15) is 29.4 Å². The lowest BCUT2D eigenvalue weighted by Gasteiger charge is -1.94. The largest absolute Gasteiger partial charge is 0.365 e. The number of nitrogens with one attached hydrogen (secondary N) is 1. The third-order valence-electron chi connectivity index (χ3n) is 1.48. The Hall–Kier alpha value is -1.32. The molecule has 0 atom stereocenters. The summed E-state index contributed by atoms with van der Waals surface area (Å²) in [7, 11) is 0. The number of aromatic nitrogens is 2. The Balaban J connectivity index is 2.87. The minimum atomic E-state index is -0.415. The predicted octanol–water partition coefficient (Wildman–Crippen LogP) is 0.461. The van der Waals surface area contributed by atoms with E-state index in [4.69, 9.17) is 5.73 Å². The van der Waals surface area contributed by atoms with Crippen LogP contribution in [0.5, 0.6) is 0 Å². The highest BCUT2D eigenvalue weighted by atomic mass is 16.1. The number of aryl methyl sites for hydroxylation is 1. The van der Waals surface area contributed by atoms with E-state index in [1.54, 1.807) is 0 Å². The third-order valence-corrected chi connectivity index (χ3v) is 1.48. The molecule has 0 saturated carbocycles. The first-order chi connectivity index (χ1) is 5.25. The van der Waals surface area contributed by atoms with Crippen LogP contribution < -0.4 is 5.73 Å². The maximum Gasteiger partial charge on any atom is 0.252 e. The topological polar surface area (TPSA) is 71.8 Å². The Morgan fingerprint density at radius 2 is 2.55 bits per heavy atom. The summed E-state index contributed by atoms with van der Waals surface area (Å²) in [6.45, 7) is 2.03. The average molecular weight is 153 g/mol. The summed E-state index contributed by atoms with van der Waals surface area (Å²) >= 11 is 0. The second kappa shape index (κ2) is 3.18. The predicted molar refractivity (Wildman–Crippen MR) is 41.1 cm³/mol. The third kappa shape index (κ3) is 1.58. The number of aromatic amines is 1. The molecule has 1 aromatic rings. The molecule has 1 amide bonds. The molecule has 0 spiro atoms. The molecule has 0 saturated heterocycles. The number of amides is 1. The highest BCUT2D eigenvalue weighted by Gasteiger charge is 2.08. The SMILES string of the molecule is CCCc1[nH]ncc1C(N)=O. The summed E-state index contributed by atoms with van der Waals surface area (Å²) in [6.07, 6.45) is 3.26. The van der Waals surface area contributed by atoms with Crippen molar-refractivity contribution >= 4 is 5.91 Å². The lowest BCUT2D eigenvalue weighted by molar-refractivity contribution is 0.0999. The minimum Gasteiger partial charge on any atom is -0.365 e. The van der Waals surface area contributed by atoms with Gasteiger partial charge in [0.1, 0.15) is 0 Å². The molecule has 1 heterocycles. The van der Waals surface area contributed by atoms with Crippen molar-refractivity contribution in [3.8, 4) is 0 Å². The van der Waals surface area contributed by atoms with Crippen molar-refractivity contribution in [1.29, 1.82) is 0 Å². The van der Waals surface area contributed by atoms with Crippen LogP contribution in [0.4, 0.5) is 0 Å². The Labute approximate surface area is 64.8 Å². The lowest BCUT2D eigenvalue weighted by atomic mass is 10.1. The van der Waals surface area contributed by atoms with Crippen molar-refractivity contribution in [2.45, 2.75) is 19.8 Å². The van der Waals surface area contributed by atoms with E-state index in [0.717, 1.165) is 18.5 Å². The Kier molecular flexibility index (Phi) is 2.25. The first-order valence-corrected chi connectivity index (χ1v) is 3.57. The number of hydrogen-bond acceptors (Lipinski definition) is 2. The summed E-state index contributed by atoms with van der Waals surface area (Å²) in [5.74, 6) is -0.415. The van der Waals surface area contributed by atoms with E-state index >= 15 is 0 Å². The molecule has 0 aliphatic carbocycles. The quantitative estimate of drug-likeness (QED) is 0.662. The van der Waals surface area contributed by atoms with Gasteiger partial charge in [-0.05, 0) is 6.42 Å². The average Bonchev–Trinajstić information content (AvgIpc) is 2.36. The molecule has 0 aromatic carbocycles. The van der Waals surface area contributed by atoms with E-state index in [1.807, 2.05) is 6.92 Å². The monoisotopic (exact) mass is 153 g/mol. The van der Waals surface area contributed by atoms with Gasteiger partial charge in [0.15, 0.2) is 0 Å². The molecule has 3 N–H and O–H groups in total. The standard InChI is InChI=1S/C7H11N3O/c1-2-3-6-5(7(8)11)4-9-10-6/h4H,2-3H2,1H3,(H2,8,11)(H,9,10). The molecular formula is C7H11N3O. The second-order valence-electron chi connectivity index (χ2n) is 2.38. The molecule has 1 rings (SSSR count). The van der Waals surface area contributed by atoms with Crippen molar-refractivity contribution in [2.24, 2.45) is 5.73 Å². The van der Waals surface area contributed by atoms with Crippen LogP contribution in [0, 0.1) is 0 Å². The van der Waals surface area contributed by atoms with Crippen LogP contribution in [0.3, 0.4) is 0 Å². The van der Waals surface area contributed by atoms with Crippen LogP contribution in [-0.2, 0) is 6.42 Å². The maximum atomic E-state index is 10.7. The number of primary amides is 1. The zero-order valence-corrected chi connectivity index (χ0v) is 6.42. The van der Waals surface area contributed by atoms with Gasteiger partial charge in [-0.1, -0.05) is 13.3 Å². The lowest BCUT2D eigenvalue weighted by Crippen LogP contribution is -2.12. The Bertz CT molecular complexity index is 254. The summed E-state index contributed by atoms with van der Waals surface area (Å²) in [4.78, 5) is 10.7. The maximum absolute atomic E-state index is 10.7. The molecule has 11 heavy (non-hydrogen) atoms. The van der Waals surface area contributed by atoms with E-state index in [1.165, 1.54) is 6.20 Å². The molecule has 0 fully saturated rings. The van der Waals surface area contributed by atoms with Crippen LogP contribution in [-0.4, -0.2) is 16.1 Å². The van der Waals surface area contributed by atoms with Gasteiger partial charge in [-0.3, -0.25) is 9.89 Å².